The van der Waals surface area contributed by atoms with Crippen molar-refractivity contribution in [2.75, 3.05) is 5.75 Å². The number of nitrogens with zero attached hydrogens (tertiary/aromatic N) is 1. The summed E-state index contributed by atoms with van der Waals surface area (Å²) in [6.07, 6.45) is 0. The van der Waals surface area contributed by atoms with Gasteiger partial charge in [0.15, 0.2) is 0 Å². The van der Waals surface area contributed by atoms with Gasteiger partial charge in [-0.2, -0.15) is 0 Å². The molecule has 0 saturated carbocycles. The molecule has 0 aliphatic carbocycles. The summed E-state index contributed by atoms with van der Waals surface area (Å²) < 4.78 is 2.37. The molecule has 0 spiro atoms. The monoisotopic (exact) mass is 231 g/mol. The second kappa shape index (κ2) is 5.26. The first-order valence-electron chi connectivity index (χ1n) is 5.58. The van der Waals surface area contributed by atoms with Gasteiger partial charge in [-0.25, -0.2) is 0 Å². The van der Waals surface area contributed by atoms with Crippen molar-refractivity contribution in [1.82, 2.24) is 4.57 Å². The number of benzene rings is 1. The average molecular weight is 231 g/mol. The van der Waals surface area contributed by atoms with Crippen LogP contribution in [-0.2, 0) is 6.54 Å². The summed E-state index contributed by atoms with van der Waals surface area (Å²) in [5, 5.41) is 0. The highest BCUT2D eigenvalue weighted by Crippen LogP contribution is 2.18. The van der Waals surface area contributed by atoms with E-state index in [9.17, 15) is 0 Å². The Morgan fingerprint density at radius 1 is 0.938 bits per heavy atom. The topological polar surface area (TPSA) is 4.93 Å². The molecule has 0 bridgehead atoms. The van der Waals surface area contributed by atoms with E-state index >= 15 is 0 Å². The summed E-state index contributed by atoms with van der Waals surface area (Å²) in [6, 6.07) is 14.9. The molecule has 16 heavy (non-hydrogen) atoms. The van der Waals surface area contributed by atoms with E-state index < -0.39 is 0 Å². The Labute approximate surface area is 101 Å². The number of thioether (sulfide) groups is 1. The highest BCUT2D eigenvalue weighted by atomic mass is 32.2. The van der Waals surface area contributed by atoms with Crippen molar-refractivity contribution < 1.29 is 0 Å². The molecule has 0 saturated heterocycles. The summed E-state index contributed by atoms with van der Waals surface area (Å²) in [7, 11) is 0. The maximum atomic E-state index is 2.37. The highest BCUT2D eigenvalue weighted by molar-refractivity contribution is 7.99. The molecule has 1 nitrogen and oxygen atoms in total. The SMILES string of the molecule is Cc1ccc(C)n1CCSc1ccccc1. The van der Waals surface area contributed by atoms with Crippen LogP contribution in [0, 0.1) is 13.8 Å². The van der Waals surface area contributed by atoms with Gasteiger partial charge in [0.25, 0.3) is 0 Å². The van der Waals surface area contributed by atoms with Crippen molar-refractivity contribution in [3.63, 3.8) is 0 Å². The minimum Gasteiger partial charge on any atom is -0.348 e. The van der Waals surface area contributed by atoms with Gasteiger partial charge >= 0.3 is 0 Å². The van der Waals surface area contributed by atoms with Crippen LogP contribution in [0.5, 0.6) is 0 Å². The molecule has 1 aromatic heterocycles. The van der Waals surface area contributed by atoms with E-state index in [2.05, 4.69) is 60.9 Å². The van der Waals surface area contributed by atoms with Crippen molar-refractivity contribution in [2.45, 2.75) is 25.3 Å². The van der Waals surface area contributed by atoms with Gasteiger partial charge in [-0.1, -0.05) is 18.2 Å². The molecule has 0 radical (unpaired) electrons. The normalized spacial score (nSPS) is 10.6. The Balaban J connectivity index is 1.89. The van der Waals surface area contributed by atoms with Crippen LogP contribution in [0.3, 0.4) is 0 Å². The largest absolute Gasteiger partial charge is 0.348 e. The maximum absolute atomic E-state index is 2.37. The van der Waals surface area contributed by atoms with Gasteiger partial charge in [-0.3, -0.25) is 0 Å². The second-order valence-electron chi connectivity index (χ2n) is 3.93. The number of hydrogen-bond donors (Lipinski definition) is 0. The molecule has 0 aliphatic rings. The van der Waals surface area contributed by atoms with Crippen molar-refractivity contribution in [2.24, 2.45) is 0 Å². The van der Waals surface area contributed by atoms with Crippen LogP contribution in [0.25, 0.3) is 0 Å². The van der Waals surface area contributed by atoms with E-state index in [4.69, 9.17) is 0 Å². The summed E-state index contributed by atoms with van der Waals surface area (Å²) in [6.45, 7) is 5.42. The van der Waals surface area contributed by atoms with Gasteiger partial charge < -0.3 is 4.57 Å². The Hall–Kier alpha value is -1.15. The zero-order valence-corrected chi connectivity index (χ0v) is 10.6. The van der Waals surface area contributed by atoms with E-state index in [-0.39, 0.29) is 0 Å². The third-order valence-electron chi connectivity index (χ3n) is 2.74. The fourth-order valence-electron chi connectivity index (χ4n) is 1.82. The predicted octanol–water partition coefficient (Wildman–Crippen LogP) is 3.90. The standard InChI is InChI=1S/C14H17NS/c1-12-8-9-13(2)15(12)10-11-16-14-6-4-3-5-7-14/h3-9H,10-11H2,1-2H3. The van der Waals surface area contributed by atoms with Crippen LogP contribution < -0.4 is 0 Å². The van der Waals surface area contributed by atoms with E-state index in [1.807, 2.05) is 11.8 Å². The van der Waals surface area contributed by atoms with Crippen LogP contribution in [-0.4, -0.2) is 10.3 Å². The third kappa shape index (κ3) is 2.70. The molecule has 2 heteroatoms. The molecule has 1 heterocycles. The van der Waals surface area contributed by atoms with Gasteiger partial charge in [0.2, 0.25) is 0 Å². The molecule has 0 N–H and O–H groups in total. The van der Waals surface area contributed by atoms with Crippen LogP contribution in [0.2, 0.25) is 0 Å². The fourth-order valence-corrected chi connectivity index (χ4v) is 2.68. The molecule has 0 aliphatic heterocycles. The molecular formula is C14H17NS. The average Bonchev–Trinajstić information content (AvgIpc) is 2.62. The summed E-state index contributed by atoms with van der Waals surface area (Å²) >= 11 is 1.92. The Morgan fingerprint density at radius 2 is 1.56 bits per heavy atom. The molecule has 0 unspecified atom stereocenters. The molecule has 0 fully saturated rings. The Kier molecular flexibility index (Phi) is 3.73. The van der Waals surface area contributed by atoms with Gasteiger partial charge in [0.1, 0.15) is 0 Å². The smallest absolute Gasteiger partial charge is 0.0319 e. The highest BCUT2D eigenvalue weighted by Gasteiger charge is 2.00. The van der Waals surface area contributed by atoms with Crippen LogP contribution in [0.15, 0.2) is 47.4 Å². The molecular weight excluding hydrogens is 214 g/mol. The van der Waals surface area contributed by atoms with Crippen molar-refractivity contribution in [1.29, 1.82) is 0 Å². The lowest BCUT2D eigenvalue weighted by Crippen LogP contribution is -2.03. The quantitative estimate of drug-likeness (QED) is 0.722. The third-order valence-corrected chi connectivity index (χ3v) is 3.74. The maximum Gasteiger partial charge on any atom is 0.0319 e. The molecule has 0 atom stereocenters. The first-order valence-corrected chi connectivity index (χ1v) is 6.56. The predicted molar refractivity (Wildman–Crippen MR) is 71.1 cm³/mol. The Morgan fingerprint density at radius 3 is 2.19 bits per heavy atom. The van der Waals surface area contributed by atoms with E-state index in [1.54, 1.807) is 0 Å². The zero-order chi connectivity index (χ0) is 11.4. The number of hydrogen-bond acceptors (Lipinski definition) is 1. The molecule has 2 aromatic rings. The first-order chi connectivity index (χ1) is 7.77. The first kappa shape index (κ1) is 11.3. The Bertz CT molecular complexity index is 426. The molecule has 1 aromatic carbocycles. The van der Waals surface area contributed by atoms with E-state index in [0.717, 1.165) is 12.3 Å². The van der Waals surface area contributed by atoms with Gasteiger partial charge in [-0.15, -0.1) is 11.8 Å². The van der Waals surface area contributed by atoms with E-state index in [0.29, 0.717) is 0 Å². The number of rotatable bonds is 4. The second-order valence-corrected chi connectivity index (χ2v) is 5.10. The lowest BCUT2D eigenvalue weighted by Gasteiger charge is -2.08. The summed E-state index contributed by atoms with van der Waals surface area (Å²) in [4.78, 5) is 1.35. The van der Waals surface area contributed by atoms with E-state index in [1.165, 1.54) is 16.3 Å². The van der Waals surface area contributed by atoms with Gasteiger partial charge in [-0.05, 0) is 38.1 Å². The van der Waals surface area contributed by atoms with Crippen LogP contribution in [0.1, 0.15) is 11.4 Å². The lowest BCUT2D eigenvalue weighted by molar-refractivity contribution is 0.726. The number of aromatic nitrogens is 1. The summed E-state index contributed by atoms with van der Waals surface area (Å²) in [5.41, 5.74) is 2.71. The van der Waals surface area contributed by atoms with Crippen molar-refractivity contribution in [3.8, 4) is 0 Å². The fraction of sp³-hybridized carbons (Fsp3) is 0.286. The van der Waals surface area contributed by atoms with Crippen LogP contribution in [0.4, 0.5) is 0 Å². The van der Waals surface area contributed by atoms with Crippen LogP contribution >= 0.6 is 11.8 Å². The minimum absolute atomic E-state index is 1.09. The molecule has 2 rings (SSSR count). The summed E-state index contributed by atoms with van der Waals surface area (Å²) in [5.74, 6) is 1.13. The van der Waals surface area contributed by atoms with Crippen molar-refractivity contribution >= 4 is 11.8 Å². The lowest BCUT2D eigenvalue weighted by atomic mass is 10.4. The molecule has 0 amide bonds. The van der Waals surface area contributed by atoms with Gasteiger partial charge in [0, 0.05) is 28.6 Å². The zero-order valence-electron chi connectivity index (χ0n) is 9.81. The van der Waals surface area contributed by atoms with Crippen molar-refractivity contribution in [3.05, 3.63) is 53.9 Å². The molecule has 84 valence electrons. The number of aryl methyl sites for hydroxylation is 2. The van der Waals surface area contributed by atoms with Gasteiger partial charge in [0.05, 0.1) is 0 Å². The minimum atomic E-state index is 1.09.